The molecular formula is C22H21Cl2N. The van der Waals surface area contributed by atoms with Crippen LogP contribution in [0.15, 0.2) is 47.5 Å². The maximum atomic E-state index is 6.28. The topological polar surface area (TPSA) is 12.4 Å². The minimum atomic E-state index is 0.630. The molecule has 25 heavy (non-hydrogen) atoms. The van der Waals surface area contributed by atoms with Gasteiger partial charge >= 0.3 is 0 Å². The summed E-state index contributed by atoms with van der Waals surface area (Å²) in [5.41, 5.74) is 5.87. The summed E-state index contributed by atoms with van der Waals surface area (Å²) in [6, 6.07) is 12.3. The molecule has 2 aromatic rings. The van der Waals surface area contributed by atoms with Gasteiger partial charge in [0, 0.05) is 22.2 Å². The first kappa shape index (κ1) is 16.9. The molecule has 1 aliphatic carbocycles. The SMILES string of the molecule is Cc1cc(/C=C/C2=NCCC3C(C)C3c3cc(Cl)ccc32)ccc1Cl. The van der Waals surface area contributed by atoms with Crippen LogP contribution in [0.3, 0.4) is 0 Å². The van der Waals surface area contributed by atoms with E-state index in [-0.39, 0.29) is 0 Å². The summed E-state index contributed by atoms with van der Waals surface area (Å²) in [5.74, 6) is 2.12. The normalized spacial score (nSPS) is 25.0. The van der Waals surface area contributed by atoms with Crippen LogP contribution in [0.2, 0.25) is 10.0 Å². The van der Waals surface area contributed by atoms with Gasteiger partial charge < -0.3 is 0 Å². The molecule has 0 aromatic heterocycles. The Morgan fingerprint density at radius 1 is 1.08 bits per heavy atom. The number of benzene rings is 2. The number of aliphatic imine (C=N–C) groups is 1. The molecule has 4 rings (SSSR count). The number of halogens is 2. The van der Waals surface area contributed by atoms with E-state index in [9.17, 15) is 0 Å². The van der Waals surface area contributed by atoms with Crippen LogP contribution >= 0.6 is 23.2 Å². The van der Waals surface area contributed by atoms with Crippen LogP contribution in [0.1, 0.15) is 41.5 Å². The van der Waals surface area contributed by atoms with Crippen LogP contribution in [-0.4, -0.2) is 12.3 Å². The van der Waals surface area contributed by atoms with Crippen LogP contribution in [0.5, 0.6) is 0 Å². The largest absolute Gasteiger partial charge is 0.285 e. The number of hydrogen-bond acceptors (Lipinski definition) is 1. The molecule has 2 aliphatic rings. The Morgan fingerprint density at radius 2 is 1.92 bits per heavy atom. The molecule has 1 fully saturated rings. The molecule has 3 atom stereocenters. The Labute approximate surface area is 159 Å². The first-order chi connectivity index (χ1) is 12.0. The van der Waals surface area contributed by atoms with Crippen molar-refractivity contribution < 1.29 is 0 Å². The molecule has 2 aromatic carbocycles. The summed E-state index contributed by atoms with van der Waals surface area (Å²) in [5, 5.41) is 1.61. The molecular weight excluding hydrogens is 349 g/mol. The Morgan fingerprint density at radius 3 is 2.72 bits per heavy atom. The lowest BCUT2D eigenvalue weighted by Gasteiger charge is -2.13. The van der Waals surface area contributed by atoms with Gasteiger partial charge in [-0.25, -0.2) is 0 Å². The van der Waals surface area contributed by atoms with Crippen molar-refractivity contribution >= 4 is 35.0 Å². The van der Waals surface area contributed by atoms with Gasteiger partial charge in [0.15, 0.2) is 0 Å². The monoisotopic (exact) mass is 369 g/mol. The van der Waals surface area contributed by atoms with Crippen molar-refractivity contribution in [1.29, 1.82) is 0 Å². The Hall–Kier alpha value is -1.57. The van der Waals surface area contributed by atoms with Crippen LogP contribution in [-0.2, 0) is 0 Å². The van der Waals surface area contributed by atoms with E-state index in [1.807, 2.05) is 25.1 Å². The van der Waals surface area contributed by atoms with Gasteiger partial charge in [-0.3, -0.25) is 4.99 Å². The molecule has 128 valence electrons. The summed E-state index contributed by atoms with van der Waals surface area (Å²) in [6.07, 6.45) is 5.41. The van der Waals surface area contributed by atoms with Crippen molar-refractivity contribution in [1.82, 2.24) is 0 Å². The fourth-order valence-electron chi connectivity index (χ4n) is 4.05. The molecule has 3 unspecified atom stereocenters. The highest BCUT2D eigenvalue weighted by Crippen LogP contribution is 2.57. The predicted molar refractivity (Wildman–Crippen MR) is 108 cm³/mol. The van der Waals surface area contributed by atoms with Gasteiger partial charge in [0.25, 0.3) is 0 Å². The van der Waals surface area contributed by atoms with Crippen LogP contribution in [0.25, 0.3) is 6.08 Å². The summed E-state index contributed by atoms with van der Waals surface area (Å²) in [4.78, 5) is 4.88. The highest BCUT2D eigenvalue weighted by atomic mass is 35.5. The van der Waals surface area contributed by atoms with E-state index < -0.39 is 0 Å². The van der Waals surface area contributed by atoms with Crippen molar-refractivity contribution in [2.75, 3.05) is 6.54 Å². The Balaban J connectivity index is 1.71. The van der Waals surface area contributed by atoms with Gasteiger partial charge in [0.2, 0.25) is 0 Å². The molecule has 0 amide bonds. The maximum absolute atomic E-state index is 6.28. The van der Waals surface area contributed by atoms with Gasteiger partial charge in [-0.15, -0.1) is 0 Å². The molecule has 0 bridgehead atoms. The van der Waals surface area contributed by atoms with Crippen molar-refractivity contribution in [3.05, 3.63) is 74.8 Å². The fraction of sp³-hybridized carbons (Fsp3) is 0.318. The summed E-state index contributed by atoms with van der Waals surface area (Å²) < 4.78 is 0. The molecule has 3 heteroatoms. The molecule has 1 aliphatic heterocycles. The van der Waals surface area contributed by atoms with Crippen LogP contribution < -0.4 is 0 Å². The first-order valence-corrected chi connectivity index (χ1v) is 9.58. The van der Waals surface area contributed by atoms with E-state index in [1.165, 1.54) is 11.1 Å². The third kappa shape index (κ3) is 3.28. The second-order valence-corrected chi connectivity index (χ2v) is 8.02. The minimum Gasteiger partial charge on any atom is -0.285 e. The Kier molecular flexibility index (Phi) is 4.47. The molecule has 0 spiro atoms. The smallest absolute Gasteiger partial charge is 0.0649 e. The minimum absolute atomic E-state index is 0.630. The number of hydrogen-bond donors (Lipinski definition) is 0. The number of allylic oxidation sites excluding steroid dienone is 1. The highest BCUT2D eigenvalue weighted by Gasteiger charge is 2.48. The van der Waals surface area contributed by atoms with E-state index in [2.05, 4.69) is 37.3 Å². The van der Waals surface area contributed by atoms with Gasteiger partial charge in [0.1, 0.15) is 0 Å². The van der Waals surface area contributed by atoms with Crippen molar-refractivity contribution in [3.8, 4) is 0 Å². The number of rotatable bonds is 2. The number of aryl methyl sites for hydroxylation is 1. The number of fused-ring (bicyclic) bond motifs is 3. The quantitative estimate of drug-likeness (QED) is 0.568. The fourth-order valence-corrected chi connectivity index (χ4v) is 4.35. The van der Waals surface area contributed by atoms with E-state index in [0.29, 0.717) is 5.92 Å². The molecule has 0 radical (unpaired) electrons. The second-order valence-electron chi connectivity index (χ2n) is 7.18. The van der Waals surface area contributed by atoms with Crippen LogP contribution in [0, 0.1) is 18.8 Å². The molecule has 1 saturated carbocycles. The lowest BCUT2D eigenvalue weighted by atomic mass is 9.95. The first-order valence-electron chi connectivity index (χ1n) is 8.83. The van der Waals surface area contributed by atoms with Gasteiger partial charge in [0.05, 0.1) is 5.71 Å². The second kappa shape index (κ2) is 6.63. The van der Waals surface area contributed by atoms with Crippen molar-refractivity contribution in [3.63, 3.8) is 0 Å². The lowest BCUT2D eigenvalue weighted by molar-refractivity contribution is 0.677. The predicted octanol–water partition coefficient (Wildman–Crippen LogP) is 6.56. The van der Waals surface area contributed by atoms with Crippen molar-refractivity contribution in [2.45, 2.75) is 26.2 Å². The summed E-state index contributed by atoms with van der Waals surface area (Å²) >= 11 is 12.4. The van der Waals surface area contributed by atoms with Gasteiger partial charge in [-0.2, -0.15) is 0 Å². The molecule has 1 heterocycles. The molecule has 1 nitrogen and oxygen atoms in total. The third-order valence-electron chi connectivity index (χ3n) is 5.57. The summed E-state index contributed by atoms with van der Waals surface area (Å²) in [6.45, 7) is 5.27. The summed E-state index contributed by atoms with van der Waals surface area (Å²) in [7, 11) is 0. The molecule has 0 N–H and O–H groups in total. The third-order valence-corrected chi connectivity index (χ3v) is 6.23. The van der Waals surface area contributed by atoms with Gasteiger partial charge in [-0.05, 0) is 72.1 Å². The van der Waals surface area contributed by atoms with E-state index in [4.69, 9.17) is 28.2 Å². The van der Waals surface area contributed by atoms with Gasteiger partial charge in [-0.1, -0.05) is 54.4 Å². The Bertz CT molecular complexity index is 882. The average molecular weight is 370 g/mol. The van der Waals surface area contributed by atoms with E-state index in [0.717, 1.165) is 51.7 Å². The standard InChI is InChI=1S/C22H21Cl2N/c1-13-11-15(3-7-20(13)24)4-8-21-18-6-5-16(23)12-19(18)22-14(2)17(22)9-10-25-21/h3-8,11-12,14,17,22H,9-10H2,1-2H3/b8-4+,25-21?. The molecule has 0 saturated heterocycles. The zero-order valence-electron chi connectivity index (χ0n) is 14.5. The number of nitrogens with zero attached hydrogens (tertiary/aromatic N) is 1. The highest BCUT2D eigenvalue weighted by molar-refractivity contribution is 6.31. The van der Waals surface area contributed by atoms with Crippen molar-refractivity contribution in [2.24, 2.45) is 16.8 Å². The van der Waals surface area contributed by atoms with E-state index in [1.54, 1.807) is 0 Å². The van der Waals surface area contributed by atoms with Crippen LogP contribution in [0.4, 0.5) is 0 Å². The average Bonchev–Trinajstić information content (AvgIpc) is 3.21. The zero-order chi connectivity index (χ0) is 17.6. The zero-order valence-corrected chi connectivity index (χ0v) is 16.0. The van der Waals surface area contributed by atoms with E-state index >= 15 is 0 Å². The lowest BCUT2D eigenvalue weighted by Crippen LogP contribution is -2.06. The maximum Gasteiger partial charge on any atom is 0.0649 e.